The van der Waals surface area contributed by atoms with Crippen LogP contribution in [0.4, 0.5) is 5.69 Å². The third-order valence-corrected chi connectivity index (χ3v) is 3.47. The number of H-pyrrole nitrogens is 1. The van der Waals surface area contributed by atoms with E-state index in [1.807, 2.05) is 0 Å². The van der Waals surface area contributed by atoms with Gasteiger partial charge in [0, 0.05) is 19.6 Å². The van der Waals surface area contributed by atoms with Crippen LogP contribution in [0.5, 0.6) is 11.5 Å². The molecule has 1 aromatic carbocycles. The van der Waals surface area contributed by atoms with E-state index in [0.29, 0.717) is 28.9 Å². The first-order chi connectivity index (χ1) is 10.6. The number of phenolic OH excluding ortho intramolecular Hbond substituents is 2. The highest BCUT2D eigenvalue weighted by molar-refractivity contribution is 7.99. The second kappa shape index (κ2) is 7.39. The molecule has 0 aliphatic heterocycles. The third-order valence-electron chi connectivity index (χ3n) is 2.55. The summed E-state index contributed by atoms with van der Waals surface area (Å²) in [6.07, 6.45) is 1.99. The molecule has 0 amide bonds. The summed E-state index contributed by atoms with van der Waals surface area (Å²) in [5.41, 5.74) is 2.26. The van der Waals surface area contributed by atoms with Crippen LogP contribution in [-0.2, 0) is 16.0 Å². The van der Waals surface area contributed by atoms with Crippen molar-refractivity contribution in [3.63, 3.8) is 0 Å². The number of hydrogen-bond acceptors (Lipinski definition) is 9. The van der Waals surface area contributed by atoms with E-state index in [4.69, 9.17) is 10.00 Å². The van der Waals surface area contributed by atoms with E-state index in [0.717, 1.165) is 11.8 Å². The van der Waals surface area contributed by atoms with Crippen LogP contribution in [0.25, 0.3) is 0 Å². The molecule has 0 aliphatic rings. The number of aromatic nitrogens is 3. The van der Waals surface area contributed by atoms with Gasteiger partial charge < -0.3 is 24.8 Å². The van der Waals surface area contributed by atoms with Crippen molar-refractivity contribution in [2.75, 3.05) is 19.2 Å². The molecule has 0 radical (unpaired) electrons. The molecule has 116 valence electrons. The summed E-state index contributed by atoms with van der Waals surface area (Å²) < 4.78 is 4.94. The lowest BCUT2D eigenvalue weighted by Gasteiger charge is -2.08. The first-order valence-electron chi connectivity index (χ1n) is 6.09. The Morgan fingerprint density at radius 3 is 2.91 bits per heavy atom. The summed E-state index contributed by atoms with van der Waals surface area (Å²) in [5.74, 6) is 0.366. The Morgan fingerprint density at radius 1 is 1.36 bits per heavy atom. The van der Waals surface area contributed by atoms with Gasteiger partial charge in [0.15, 0.2) is 5.16 Å². The van der Waals surface area contributed by atoms with E-state index >= 15 is 0 Å². The standard InChI is InChI=1S/C12H13N5O4S/c1-20-3-2-11-14-12(16-15-11)22-10-5-8(18)7(4-9(10)19)17-21-6-13/h4-5,17-19H,2-3H2,1H3,(H,14,15,16). The molecule has 10 heteroatoms. The van der Waals surface area contributed by atoms with E-state index in [1.165, 1.54) is 18.4 Å². The topological polar surface area (TPSA) is 136 Å². The van der Waals surface area contributed by atoms with E-state index in [2.05, 4.69) is 25.5 Å². The lowest BCUT2D eigenvalue weighted by Crippen LogP contribution is -1.96. The van der Waals surface area contributed by atoms with Crippen LogP contribution in [0.15, 0.2) is 22.2 Å². The summed E-state index contributed by atoms with van der Waals surface area (Å²) in [5, 5.41) is 36.4. The number of nitriles is 1. The van der Waals surface area contributed by atoms with Gasteiger partial charge in [0.05, 0.1) is 11.5 Å². The highest BCUT2D eigenvalue weighted by Gasteiger charge is 2.13. The van der Waals surface area contributed by atoms with Gasteiger partial charge in [0.1, 0.15) is 23.0 Å². The van der Waals surface area contributed by atoms with Gasteiger partial charge in [0.25, 0.3) is 0 Å². The maximum atomic E-state index is 9.93. The van der Waals surface area contributed by atoms with Gasteiger partial charge in [-0.1, -0.05) is 0 Å². The van der Waals surface area contributed by atoms with Crippen LogP contribution < -0.4 is 5.48 Å². The van der Waals surface area contributed by atoms with Crippen LogP contribution in [0.1, 0.15) is 5.82 Å². The van der Waals surface area contributed by atoms with Gasteiger partial charge in [-0.2, -0.15) is 0 Å². The molecule has 1 heterocycles. The first-order valence-corrected chi connectivity index (χ1v) is 6.91. The molecule has 0 aliphatic carbocycles. The third kappa shape index (κ3) is 3.94. The maximum Gasteiger partial charge on any atom is 0.314 e. The molecule has 0 saturated heterocycles. The van der Waals surface area contributed by atoms with Crippen LogP contribution in [0.3, 0.4) is 0 Å². The predicted octanol–water partition coefficient (Wildman–Crippen LogP) is 1.38. The zero-order valence-corrected chi connectivity index (χ0v) is 12.3. The number of methoxy groups -OCH3 is 1. The summed E-state index contributed by atoms with van der Waals surface area (Å²) in [4.78, 5) is 7.64. The van der Waals surface area contributed by atoms with Gasteiger partial charge in [-0.3, -0.25) is 0 Å². The second-order valence-corrected chi connectivity index (χ2v) is 5.08. The number of hydrogen-bond donors (Lipinski definition) is 4. The Hall–Kier alpha value is -2.64. The fourth-order valence-electron chi connectivity index (χ4n) is 1.54. The minimum Gasteiger partial charge on any atom is -0.507 e. The second-order valence-electron chi connectivity index (χ2n) is 4.05. The smallest absolute Gasteiger partial charge is 0.314 e. The monoisotopic (exact) mass is 323 g/mol. The molecule has 2 aromatic rings. The number of ether oxygens (including phenoxy) is 1. The first kappa shape index (κ1) is 15.7. The fourth-order valence-corrected chi connectivity index (χ4v) is 2.33. The molecule has 2 rings (SSSR count). The van der Waals surface area contributed by atoms with Gasteiger partial charge in [-0.05, 0) is 17.8 Å². The zero-order chi connectivity index (χ0) is 15.9. The van der Waals surface area contributed by atoms with Crippen molar-refractivity contribution >= 4 is 17.4 Å². The van der Waals surface area contributed by atoms with E-state index in [9.17, 15) is 10.2 Å². The molecule has 9 nitrogen and oxygen atoms in total. The van der Waals surface area contributed by atoms with E-state index < -0.39 is 0 Å². The molecule has 0 saturated carbocycles. The minimum absolute atomic E-state index is 0.0711. The molecule has 0 spiro atoms. The van der Waals surface area contributed by atoms with E-state index in [1.54, 1.807) is 7.11 Å². The summed E-state index contributed by atoms with van der Waals surface area (Å²) in [7, 11) is 1.60. The number of benzene rings is 1. The molecular formula is C12H13N5O4S. The summed E-state index contributed by atoms with van der Waals surface area (Å²) >= 11 is 1.10. The predicted molar refractivity (Wildman–Crippen MR) is 76.2 cm³/mol. The molecule has 0 unspecified atom stereocenters. The number of rotatable bonds is 7. The van der Waals surface area contributed by atoms with Gasteiger partial charge in [-0.15, -0.1) is 15.5 Å². The quantitative estimate of drug-likeness (QED) is 0.258. The van der Waals surface area contributed by atoms with E-state index in [-0.39, 0.29) is 17.2 Å². The number of nitrogens with zero attached hydrogens (tertiary/aromatic N) is 3. The normalized spacial score (nSPS) is 10.2. The summed E-state index contributed by atoms with van der Waals surface area (Å²) in [6.45, 7) is 0.518. The van der Waals surface area contributed by atoms with Crippen molar-refractivity contribution in [2.45, 2.75) is 16.5 Å². The van der Waals surface area contributed by atoms with Crippen molar-refractivity contribution in [1.82, 2.24) is 15.2 Å². The van der Waals surface area contributed by atoms with Gasteiger partial charge >= 0.3 is 6.26 Å². The minimum atomic E-state index is -0.185. The molecule has 0 atom stereocenters. The number of aromatic amines is 1. The molecule has 1 aromatic heterocycles. The van der Waals surface area contributed by atoms with Crippen molar-refractivity contribution in [3.05, 3.63) is 18.0 Å². The largest absolute Gasteiger partial charge is 0.507 e. The molecule has 0 fully saturated rings. The number of phenols is 2. The Morgan fingerprint density at radius 2 is 2.18 bits per heavy atom. The summed E-state index contributed by atoms with van der Waals surface area (Å²) in [6, 6.07) is 2.55. The van der Waals surface area contributed by atoms with Crippen molar-refractivity contribution in [1.29, 1.82) is 5.26 Å². The molecule has 0 bridgehead atoms. The average Bonchev–Trinajstić information content (AvgIpc) is 2.94. The molecule has 4 N–H and O–H groups in total. The molecule has 22 heavy (non-hydrogen) atoms. The SMILES string of the molecule is COCCc1nnc(Sc2cc(O)c(NOC#N)cc2O)[nH]1. The number of nitrogens with one attached hydrogen (secondary N) is 2. The Bertz CT molecular complexity index is 685. The Kier molecular flexibility index (Phi) is 5.29. The lowest BCUT2D eigenvalue weighted by molar-refractivity contribution is 0.200. The highest BCUT2D eigenvalue weighted by atomic mass is 32.2. The highest BCUT2D eigenvalue weighted by Crippen LogP contribution is 2.39. The zero-order valence-electron chi connectivity index (χ0n) is 11.5. The van der Waals surface area contributed by atoms with Crippen LogP contribution in [-0.4, -0.2) is 39.1 Å². The van der Waals surface area contributed by atoms with Crippen molar-refractivity contribution < 1.29 is 19.8 Å². The van der Waals surface area contributed by atoms with Crippen LogP contribution in [0, 0.1) is 11.5 Å². The van der Waals surface area contributed by atoms with Crippen LogP contribution >= 0.6 is 11.8 Å². The average molecular weight is 323 g/mol. The maximum absolute atomic E-state index is 9.93. The van der Waals surface area contributed by atoms with Gasteiger partial charge in [0.2, 0.25) is 0 Å². The number of anilines is 1. The fraction of sp³-hybridized carbons (Fsp3) is 0.250. The van der Waals surface area contributed by atoms with Crippen molar-refractivity contribution in [3.8, 4) is 17.8 Å². The Balaban J connectivity index is 2.11. The lowest BCUT2D eigenvalue weighted by atomic mass is 10.3. The van der Waals surface area contributed by atoms with Gasteiger partial charge in [-0.25, -0.2) is 5.48 Å². The van der Waals surface area contributed by atoms with Crippen LogP contribution in [0.2, 0.25) is 0 Å². The molecular weight excluding hydrogens is 310 g/mol. The Labute approximate surface area is 129 Å². The van der Waals surface area contributed by atoms with Crippen molar-refractivity contribution in [2.24, 2.45) is 0 Å². The number of aromatic hydroxyl groups is 2.